The Kier molecular flexibility index (Phi) is 20.0. The van der Waals surface area contributed by atoms with Gasteiger partial charge in [-0.3, -0.25) is 0 Å². The summed E-state index contributed by atoms with van der Waals surface area (Å²) in [5.41, 5.74) is 0. The molecule has 0 bridgehead atoms. The highest BCUT2D eigenvalue weighted by Gasteiger charge is 2.08. The zero-order chi connectivity index (χ0) is 18.6. The lowest BCUT2D eigenvalue weighted by atomic mass is 10.0. The minimum atomic E-state index is -0.726. The van der Waals surface area contributed by atoms with E-state index in [0.717, 1.165) is 6.42 Å². The molecule has 0 aromatic rings. The molecular weight excluding hydrogens is 316 g/mol. The van der Waals surface area contributed by atoms with Gasteiger partial charge in [0.15, 0.2) is 0 Å². The Hall–Kier alpha value is -0.160. The second kappa shape index (κ2) is 20.2. The molecule has 0 aliphatic rings. The van der Waals surface area contributed by atoms with E-state index in [0.29, 0.717) is 26.1 Å². The summed E-state index contributed by atoms with van der Waals surface area (Å²) in [6.45, 7) is 3.06. The van der Waals surface area contributed by atoms with Crippen LogP contribution in [0.2, 0.25) is 0 Å². The fraction of sp³-hybridized carbons (Fsp3) is 1.00. The normalized spacial score (nSPS) is 13.9. The standard InChI is InChI=1S/C21H44O4/c1-2-3-4-5-6-7-8-9-10-11-12-13-14-17-25-19-21(24)16-15-20(23)18-22/h20-24H,2-19H2,1H3/t20-,21+/m1/s1. The first-order valence-electron chi connectivity index (χ1n) is 10.8. The predicted octanol–water partition coefficient (Wildman–Crippen LogP) is 4.59. The van der Waals surface area contributed by atoms with Crippen LogP contribution in [-0.2, 0) is 4.74 Å². The van der Waals surface area contributed by atoms with Gasteiger partial charge in [0.05, 0.1) is 25.4 Å². The van der Waals surface area contributed by atoms with Crippen molar-refractivity contribution in [2.45, 2.75) is 115 Å². The summed E-state index contributed by atoms with van der Waals surface area (Å²) in [6, 6.07) is 0. The molecule has 0 saturated carbocycles. The maximum Gasteiger partial charge on any atom is 0.0774 e. The molecule has 0 radical (unpaired) electrons. The van der Waals surface area contributed by atoms with Crippen molar-refractivity contribution in [3.8, 4) is 0 Å². The molecule has 0 saturated heterocycles. The number of hydrogen-bond acceptors (Lipinski definition) is 4. The van der Waals surface area contributed by atoms with E-state index >= 15 is 0 Å². The molecule has 4 heteroatoms. The number of unbranched alkanes of at least 4 members (excludes halogenated alkanes) is 12. The minimum Gasteiger partial charge on any atom is -0.394 e. The molecular formula is C21H44O4. The number of rotatable bonds is 20. The summed E-state index contributed by atoms with van der Waals surface area (Å²) >= 11 is 0. The van der Waals surface area contributed by atoms with Crippen molar-refractivity contribution in [2.24, 2.45) is 0 Å². The van der Waals surface area contributed by atoms with E-state index < -0.39 is 12.2 Å². The molecule has 4 nitrogen and oxygen atoms in total. The minimum absolute atomic E-state index is 0.244. The SMILES string of the molecule is CCCCCCCCCCCCCCCOC[C@@H](O)CC[C@@H](O)CO. The topological polar surface area (TPSA) is 69.9 Å². The largest absolute Gasteiger partial charge is 0.394 e. The van der Waals surface area contributed by atoms with Gasteiger partial charge in [-0.25, -0.2) is 0 Å². The zero-order valence-electron chi connectivity index (χ0n) is 16.6. The van der Waals surface area contributed by atoms with Gasteiger partial charge < -0.3 is 20.1 Å². The first-order chi connectivity index (χ1) is 12.2. The summed E-state index contributed by atoms with van der Waals surface area (Å²) in [7, 11) is 0. The molecule has 3 N–H and O–H groups in total. The number of hydrogen-bond donors (Lipinski definition) is 3. The molecule has 0 aliphatic carbocycles. The monoisotopic (exact) mass is 360 g/mol. The first-order valence-corrected chi connectivity index (χ1v) is 10.8. The van der Waals surface area contributed by atoms with Gasteiger partial charge in [-0.1, -0.05) is 84.0 Å². The summed E-state index contributed by atoms with van der Waals surface area (Å²) in [4.78, 5) is 0. The van der Waals surface area contributed by atoms with Crippen LogP contribution < -0.4 is 0 Å². The van der Waals surface area contributed by atoms with Crippen LogP contribution in [-0.4, -0.2) is 47.3 Å². The highest BCUT2D eigenvalue weighted by atomic mass is 16.5. The predicted molar refractivity (Wildman–Crippen MR) is 105 cm³/mol. The maximum atomic E-state index is 9.68. The molecule has 0 amide bonds. The lowest BCUT2D eigenvalue weighted by Gasteiger charge is -2.13. The van der Waals surface area contributed by atoms with Gasteiger partial charge in [-0.15, -0.1) is 0 Å². The molecule has 2 atom stereocenters. The fourth-order valence-corrected chi connectivity index (χ4v) is 3.00. The maximum absolute atomic E-state index is 9.68. The molecule has 0 fully saturated rings. The Morgan fingerprint density at radius 2 is 1.08 bits per heavy atom. The Labute approximate surface area is 156 Å². The van der Waals surface area contributed by atoms with E-state index in [1.165, 1.54) is 77.0 Å². The van der Waals surface area contributed by atoms with Gasteiger partial charge in [0, 0.05) is 6.61 Å². The van der Waals surface area contributed by atoms with E-state index in [2.05, 4.69) is 6.92 Å². The van der Waals surface area contributed by atoms with Crippen LogP contribution in [0, 0.1) is 0 Å². The number of aliphatic hydroxyl groups is 3. The summed E-state index contributed by atoms with van der Waals surface area (Å²) < 4.78 is 5.47. The molecule has 152 valence electrons. The van der Waals surface area contributed by atoms with Gasteiger partial charge in [0.1, 0.15) is 0 Å². The molecule has 0 unspecified atom stereocenters. The quantitative estimate of drug-likeness (QED) is 0.278. The Morgan fingerprint density at radius 1 is 0.640 bits per heavy atom. The average molecular weight is 361 g/mol. The van der Waals surface area contributed by atoms with E-state index in [4.69, 9.17) is 9.84 Å². The summed E-state index contributed by atoms with van der Waals surface area (Å²) in [5.74, 6) is 0. The molecule has 0 aromatic carbocycles. The van der Waals surface area contributed by atoms with Gasteiger partial charge >= 0.3 is 0 Å². The molecule has 0 aliphatic heterocycles. The first kappa shape index (κ1) is 24.8. The highest BCUT2D eigenvalue weighted by Crippen LogP contribution is 2.12. The van der Waals surface area contributed by atoms with Crippen molar-refractivity contribution in [1.82, 2.24) is 0 Å². The van der Waals surface area contributed by atoms with Crippen molar-refractivity contribution >= 4 is 0 Å². The zero-order valence-corrected chi connectivity index (χ0v) is 16.6. The molecule has 0 spiro atoms. The van der Waals surface area contributed by atoms with Crippen molar-refractivity contribution < 1.29 is 20.1 Å². The smallest absolute Gasteiger partial charge is 0.0774 e. The van der Waals surface area contributed by atoms with Crippen LogP contribution in [0.25, 0.3) is 0 Å². The van der Waals surface area contributed by atoms with Crippen LogP contribution in [0.4, 0.5) is 0 Å². The summed E-state index contributed by atoms with van der Waals surface area (Å²) in [6.07, 6.45) is 17.1. The molecule has 25 heavy (non-hydrogen) atoms. The Morgan fingerprint density at radius 3 is 1.56 bits per heavy atom. The van der Waals surface area contributed by atoms with Crippen molar-refractivity contribution in [2.75, 3.05) is 19.8 Å². The summed E-state index contributed by atoms with van der Waals surface area (Å²) in [5, 5.41) is 27.6. The third kappa shape index (κ3) is 20.0. The average Bonchev–Trinajstić information content (AvgIpc) is 2.62. The van der Waals surface area contributed by atoms with E-state index in [-0.39, 0.29) is 6.61 Å². The molecule has 0 heterocycles. The highest BCUT2D eigenvalue weighted by molar-refractivity contribution is 4.59. The van der Waals surface area contributed by atoms with Crippen molar-refractivity contribution in [3.63, 3.8) is 0 Å². The van der Waals surface area contributed by atoms with Gasteiger partial charge in [0.25, 0.3) is 0 Å². The van der Waals surface area contributed by atoms with Crippen molar-refractivity contribution in [1.29, 1.82) is 0 Å². The van der Waals surface area contributed by atoms with E-state index in [1.807, 2.05) is 0 Å². The molecule has 0 rings (SSSR count). The third-order valence-corrected chi connectivity index (χ3v) is 4.75. The fourth-order valence-electron chi connectivity index (χ4n) is 3.00. The van der Waals surface area contributed by atoms with Crippen LogP contribution in [0.15, 0.2) is 0 Å². The second-order valence-electron chi connectivity index (χ2n) is 7.39. The third-order valence-electron chi connectivity index (χ3n) is 4.75. The number of ether oxygens (including phenoxy) is 1. The van der Waals surface area contributed by atoms with Crippen LogP contribution in [0.3, 0.4) is 0 Å². The molecule has 0 aromatic heterocycles. The van der Waals surface area contributed by atoms with Gasteiger partial charge in [-0.2, -0.15) is 0 Å². The van der Waals surface area contributed by atoms with Crippen LogP contribution in [0.5, 0.6) is 0 Å². The second-order valence-corrected chi connectivity index (χ2v) is 7.39. The van der Waals surface area contributed by atoms with Crippen LogP contribution >= 0.6 is 0 Å². The van der Waals surface area contributed by atoms with E-state index in [9.17, 15) is 10.2 Å². The lowest BCUT2D eigenvalue weighted by molar-refractivity contribution is 0.0164. The van der Waals surface area contributed by atoms with Gasteiger partial charge in [-0.05, 0) is 19.3 Å². The lowest BCUT2D eigenvalue weighted by Crippen LogP contribution is -2.20. The Bertz CT molecular complexity index is 248. The van der Waals surface area contributed by atoms with Gasteiger partial charge in [0.2, 0.25) is 0 Å². The number of aliphatic hydroxyl groups excluding tert-OH is 3. The van der Waals surface area contributed by atoms with Crippen molar-refractivity contribution in [3.05, 3.63) is 0 Å². The van der Waals surface area contributed by atoms with Crippen LogP contribution in [0.1, 0.15) is 103 Å². The Balaban J connectivity index is 3.11. The van der Waals surface area contributed by atoms with E-state index in [1.54, 1.807) is 0 Å².